The van der Waals surface area contributed by atoms with E-state index in [1.807, 2.05) is 23.6 Å². The first-order valence-electron chi connectivity index (χ1n) is 7.69. The van der Waals surface area contributed by atoms with Crippen molar-refractivity contribution in [1.82, 2.24) is 10.2 Å². The number of hydrogen-bond acceptors (Lipinski definition) is 3. The fourth-order valence-corrected chi connectivity index (χ4v) is 4.06. The van der Waals surface area contributed by atoms with Gasteiger partial charge in [-0.2, -0.15) is 11.8 Å². The lowest BCUT2D eigenvalue weighted by atomic mass is 9.90. The van der Waals surface area contributed by atoms with E-state index in [2.05, 4.69) is 18.5 Å². The van der Waals surface area contributed by atoms with Gasteiger partial charge in [-0.15, -0.1) is 0 Å². The molecule has 1 aliphatic heterocycles. The molecule has 4 unspecified atom stereocenters. The molecule has 1 saturated carbocycles. The predicted molar refractivity (Wildman–Crippen MR) is 82.7 cm³/mol. The van der Waals surface area contributed by atoms with Gasteiger partial charge < -0.3 is 10.2 Å². The predicted octanol–water partition coefficient (Wildman–Crippen LogP) is 2.03. The Kier molecular flexibility index (Phi) is 5.35. The third-order valence-corrected chi connectivity index (χ3v) is 5.86. The van der Waals surface area contributed by atoms with E-state index in [0.717, 1.165) is 25.7 Å². The molecule has 1 saturated heterocycles. The molecule has 20 heavy (non-hydrogen) atoms. The summed E-state index contributed by atoms with van der Waals surface area (Å²) in [5.74, 6) is 0.334. The second-order valence-corrected chi connectivity index (χ2v) is 7.21. The third kappa shape index (κ3) is 3.30. The maximum atomic E-state index is 12.7. The lowest BCUT2D eigenvalue weighted by molar-refractivity contribution is -0.148. The van der Waals surface area contributed by atoms with Crippen LogP contribution in [0.15, 0.2) is 0 Å². The zero-order chi connectivity index (χ0) is 14.7. The lowest BCUT2D eigenvalue weighted by Crippen LogP contribution is -2.63. The van der Waals surface area contributed by atoms with E-state index in [1.165, 1.54) is 6.42 Å². The summed E-state index contributed by atoms with van der Waals surface area (Å²) < 4.78 is 0. The normalized spacial score (nSPS) is 33.0. The molecule has 2 fully saturated rings. The highest BCUT2D eigenvalue weighted by atomic mass is 32.2. The molecular weight excluding hydrogens is 272 g/mol. The summed E-state index contributed by atoms with van der Waals surface area (Å²) in [5.41, 5.74) is 0. The van der Waals surface area contributed by atoms with E-state index in [9.17, 15) is 9.59 Å². The summed E-state index contributed by atoms with van der Waals surface area (Å²) in [6.45, 7) is 4.35. The summed E-state index contributed by atoms with van der Waals surface area (Å²) >= 11 is 1.89. The first kappa shape index (κ1) is 15.7. The van der Waals surface area contributed by atoms with Gasteiger partial charge in [0.15, 0.2) is 0 Å². The highest BCUT2D eigenvalue weighted by Crippen LogP contribution is 2.31. The van der Waals surface area contributed by atoms with Gasteiger partial charge in [0.25, 0.3) is 0 Å². The number of rotatable bonds is 4. The molecule has 0 aromatic rings. The van der Waals surface area contributed by atoms with Crippen molar-refractivity contribution in [3.63, 3.8) is 0 Å². The smallest absolute Gasteiger partial charge is 0.246 e. The van der Waals surface area contributed by atoms with Crippen LogP contribution in [-0.4, -0.2) is 46.8 Å². The van der Waals surface area contributed by atoms with E-state index in [1.54, 1.807) is 0 Å². The van der Waals surface area contributed by atoms with Crippen LogP contribution in [0.5, 0.6) is 0 Å². The average Bonchev–Trinajstić information content (AvgIpc) is 2.48. The van der Waals surface area contributed by atoms with Crippen LogP contribution in [0.25, 0.3) is 0 Å². The van der Waals surface area contributed by atoms with Gasteiger partial charge in [0.1, 0.15) is 6.04 Å². The molecular formula is C15H26N2O2S. The van der Waals surface area contributed by atoms with Crippen molar-refractivity contribution in [2.45, 2.75) is 63.3 Å². The van der Waals surface area contributed by atoms with Crippen LogP contribution in [0.3, 0.4) is 0 Å². The Morgan fingerprint density at radius 1 is 1.40 bits per heavy atom. The topological polar surface area (TPSA) is 49.4 Å². The molecule has 2 rings (SSSR count). The second-order valence-electron chi connectivity index (χ2n) is 6.07. The number of amides is 2. The quantitative estimate of drug-likeness (QED) is 0.864. The van der Waals surface area contributed by atoms with Gasteiger partial charge in [-0.3, -0.25) is 9.59 Å². The molecule has 4 nitrogen and oxygen atoms in total. The fourth-order valence-electron chi connectivity index (χ4n) is 3.24. The number of thioether (sulfide) groups is 1. The Morgan fingerprint density at radius 3 is 2.80 bits per heavy atom. The van der Waals surface area contributed by atoms with Gasteiger partial charge in [-0.1, -0.05) is 26.7 Å². The fraction of sp³-hybridized carbons (Fsp3) is 0.867. The number of piperazine rings is 1. The summed E-state index contributed by atoms with van der Waals surface area (Å²) in [7, 11) is 0. The van der Waals surface area contributed by atoms with E-state index in [4.69, 9.17) is 0 Å². The molecule has 2 aliphatic rings. The molecule has 1 heterocycles. The number of carbonyl (C=O) groups is 2. The molecule has 0 bridgehead atoms. The molecule has 5 heteroatoms. The van der Waals surface area contributed by atoms with Gasteiger partial charge >= 0.3 is 0 Å². The number of hydrogen-bond donors (Lipinski definition) is 1. The molecule has 2 amide bonds. The van der Waals surface area contributed by atoms with Crippen molar-refractivity contribution in [3.05, 3.63) is 0 Å². The Balaban J connectivity index is 2.09. The Labute approximate surface area is 126 Å². The molecule has 1 aliphatic carbocycles. The zero-order valence-corrected chi connectivity index (χ0v) is 13.5. The van der Waals surface area contributed by atoms with Crippen molar-refractivity contribution < 1.29 is 9.59 Å². The maximum Gasteiger partial charge on any atom is 0.246 e. The van der Waals surface area contributed by atoms with E-state index >= 15 is 0 Å². The molecule has 0 radical (unpaired) electrons. The van der Waals surface area contributed by atoms with Crippen molar-refractivity contribution in [2.24, 2.45) is 5.92 Å². The Hall–Kier alpha value is -0.710. The van der Waals surface area contributed by atoms with Crippen LogP contribution >= 0.6 is 11.8 Å². The summed E-state index contributed by atoms with van der Waals surface area (Å²) in [5, 5.41) is 3.51. The molecule has 1 N–H and O–H groups in total. The summed E-state index contributed by atoms with van der Waals surface area (Å²) in [6.07, 6.45) is 7.52. The van der Waals surface area contributed by atoms with Gasteiger partial charge in [0, 0.05) is 11.3 Å². The summed E-state index contributed by atoms with van der Waals surface area (Å²) in [4.78, 5) is 26.5. The number of nitrogens with zero attached hydrogens (tertiary/aromatic N) is 1. The van der Waals surface area contributed by atoms with Gasteiger partial charge in [-0.25, -0.2) is 0 Å². The van der Waals surface area contributed by atoms with Crippen molar-refractivity contribution in [3.8, 4) is 0 Å². The van der Waals surface area contributed by atoms with Crippen LogP contribution in [0, 0.1) is 5.92 Å². The number of nitrogens with one attached hydrogen (secondary N) is 1. The van der Waals surface area contributed by atoms with Gasteiger partial charge in [0.05, 0.1) is 6.54 Å². The van der Waals surface area contributed by atoms with E-state index in [-0.39, 0.29) is 36.4 Å². The maximum absolute atomic E-state index is 12.7. The van der Waals surface area contributed by atoms with Crippen LogP contribution in [0.2, 0.25) is 0 Å². The third-order valence-electron chi connectivity index (χ3n) is 4.77. The van der Waals surface area contributed by atoms with Gasteiger partial charge in [0.2, 0.25) is 11.8 Å². The lowest BCUT2D eigenvalue weighted by Gasteiger charge is -2.42. The first-order valence-corrected chi connectivity index (χ1v) is 8.98. The standard InChI is InChI=1S/C15H26N2O2S/c1-4-10(2)14-15(19)17(9-13(18)16-14)11-6-5-7-12(8-11)20-3/h10-12,14H,4-9H2,1-3H3,(H,16,18). The van der Waals surface area contributed by atoms with Gasteiger partial charge in [-0.05, 0) is 31.4 Å². The minimum Gasteiger partial charge on any atom is -0.342 e. The molecule has 4 atom stereocenters. The Bertz CT molecular complexity index is 375. The van der Waals surface area contributed by atoms with Crippen LogP contribution in [0.1, 0.15) is 46.0 Å². The minimum atomic E-state index is -0.323. The number of carbonyl (C=O) groups excluding carboxylic acids is 2. The average molecular weight is 298 g/mol. The summed E-state index contributed by atoms with van der Waals surface area (Å²) in [6, 6.07) is -0.0674. The minimum absolute atomic E-state index is 0.00109. The van der Waals surface area contributed by atoms with Crippen LogP contribution in [0.4, 0.5) is 0 Å². The van der Waals surface area contributed by atoms with E-state index < -0.39 is 0 Å². The van der Waals surface area contributed by atoms with Crippen molar-refractivity contribution >= 4 is 23.6 Å². The largest absolute Gasteiger partial charge is 0.342 e. The van der Waals surface area contributed by atoms with E-state index in [0.29, 0.717) is 5.25 Å². The second kappa shape index (κ2) is 6.83. The molecule has 114 valence electrons. The Morgan fingerprint density at radius 2 is 2.15 bits per heavy atom. The highest BCUT2D eigenvalue weighted by Gasteiger charge is 2.39. The monoisotopic (exact) mass is 298 g/mol. The first-order chi connectivity index (χ1) is 9.56. The van der Waals surface area contributed by atoms with Crippen LogP contribution in [-0.2, 0) is 9.59 Å². The van der Waals surface area contributed by atoms with Crippen molar-refractivity contribution in [1.29, 1.82) is 0 Å². The highest BCUT2D eigenvalue weighted by molar-refractivity contribution is 7.99. The molecule has 0 aromatic heterocycles. The zero-order valence-electron chi connectivity index (χ0n) is 12.7. The van der Waals surface area contributed by atoms with Crippen molar-refractivity contribution in [2.75, 3.05) is 12.8 Å². The SMILES string of the molecule is CCC(C)C1NC(=O)CN(C2CCCC(SC)C2)C1=O. The van der Waals surface area contributed by atoms with Crippen LogP contribution < -0.4 is 5.32 Å². The molecule has 0 aromatic carbocycles. The molecule has 0 spiro atoms.